The highest BCUT2D eigenvalue weighted by Crippen LogP contribution is 2.24. The van der Waals surface area contributed by atoms with Crippen molar-refractivity contribution in [1.29, 1.82) is 0 Å². The summed E-state index contributed by atoms with van der Waals surface area (Å²) in [6, 6.07) is 0.409. The molecule has 7 heteroatoms. The number of anilines is 1. The predicted octanol–water partition coefficient (Wildman–Crippen LogP) is -0.0745. The van der Waals surface area contributed by atoms with E-state index in [1.165, 1.54) is 4.88 Å². The van der Waals surface area contributed by atoms with Crippen molar-refractivity contribution in [2.45, 2.75) is 25.1 Å². The predicted molar refractivity (Wildman–Crippen MR) is 73.3 cm³/mol. The normalized spacial score (nSPS) is 24.9. The molecule has 2 atom stereocenters. The molecule has 0 spiro atoms. The van der Waals surface area contributed by atoms with Crippen LogP contribution in [-0.2, 0) is 6.54 Å². The molecule has 2 rings (SSSR count). The van der Waals surface area contributed by atoms with E-state index in [4.69, 9.17) is 5.84 Å². The van der Waals surface area contributed by atoms with E-state index in [-0.39, 0.29) is 6.10 Å². The van der Waals surface area contributed by atoms with Crippen LogP contribution in [-0.4, -0.2) is 59.2 Å². The van der Waals surface area contributed by atoms with E-state index >= 15 is 0 Å². The summed E-state index contributed by atoms with van der Waals surface area (Å²) in [5, 5.41) is 10.5. The number of aliphatic hydroxyl groups excluding tert-OH is 1. The molecule has 102 valence electrons. The van der Waals surface area contributed by atoms with Crippen molar-refractivity contribution in [3.05, 3.63) is 11.1 Å². The molecular formula is C11H21N5OS. The van der Waals surface area contributed by atoms with Gasteiger partial charge in [-0.25, -0.2) is 10.8 Å². The van der Waals surface area contributed by atoms with Crippen molar-refractivity contribution < 1.29 is 5.11 Å². The second-order valence-electron chi connectivity index (χ2n) is 5.01. The average molecular weight is 271 g/mol. The zero-order chi connectivity index (χ0) is 13.1. The maximum atomic E-state index is 9.81. The number of nitrogen functional groups attached to an aromatic ring is 1. The molecule has 1 aliphatic rings. The number of hydrogen-bond donors (Lipinski definition) is 3. The van der Waals surface area contributed by atoms with Gasteiger partial charge < -0.3 is 10.0 Å². The van der Waals surface area contributed by atoms with Crippen LogP contribution in [0.5, 0.6) is 0 Å². The molecule has 1 saturated heterocycles. The number of nitrogens with two attached hydrogens (primary N) is 1. The Bertz CT molecular complexity index is 383. The summed E-state index contributed by atoms with van der Waals surface area (Å²) in [6.07, 6.45) is 2.48. The van der Waals surface area contributed by atoms with Crippen molar-refractivity contribution in [2.75, 3.05) is 32.6 Å². The number of β-amino-alcohol motifs (C(OH)–C–C–N with tert-alkyl or cyclic N) is 1. The zero-order valence-corrected chi connectivity index (χ0v) is 11.7. The molecule has 2 heterocycles. The molecule has 0 bridgehead atoms. The highest BCUT2D eigenvalue weighted by atomic mass is 32.1. The number of hydrogen-bond acceptors (Lipinski definition) is 7. The quantitative estimate of drug-likeness (QED) is 0.514. The van der Waals surface area contributed by atoms with E-state index in [9.17, 15) is 5.11 Å². The number of nitrogens with one attached hydrogen (secondary N) is 1. The Morgan fingerprint density at radius 1 is 1.67 bits per heavy atom. The smallest absolute Gasteiger partial charge is 0.197 e. The third-order valence-corrected chi connectivity index (χ3v) is 4.03. The molecule has 0 radical (unpaired) electrons. The van der Waals surface area contributed by atoms with Gasteiger partial charge in [-0.2, -0.15) is 0 Å². The first-order valence-corrected chi connectivity index (χ1v) is 6.88. The van der Waals surface area contributed by atoms with Gasteiger partial charge in [-0.15, -0.1) is 0 Å². The lowest BCUT2D eigenvalue weighted by molar-refractivity contribution is 0.170. The van der Waals surface area contributed by atoms with Gasteiger partial charge in [0.2, 0.25) is 0 Å². The van der Waals surface area contributed by atoms with E-state index in [0.717, 1.165) is 31.2 Å². The molecular weight excluding hydrogens is 250 g/mol. The highest BCUT2D eigenvalue weighted by molar-refractivity contribution is 7.15. The van der Waals surface area contributed by atoms with Crippen LogP contribution in [0.25, 0.3) is 0 Å². The Morgan fingerprint density at radius 2 is 2.44 bits per heavy atom. The largest absolute Gasteiger partial charge is 0.392 e. The van der Waals surface area contributed by atoms with E-state index in [1.54, 1.807) is 11.3 Å². The van der Waals surface area contributed by atoms with E-state index in [0.29, 0.717) is 6.04 Å². The van der Waals surface area contributed by atoms with Crippen molar-refractivity contribution in [2.24, 2.45) is 5.84 Å². The number of aromatic nitrogens is 1. The fraction of sp³-hybridized carbons (Fsp3) is 0.727. The standard InChI is InChI=1S/C11H21N5OS/c1-15(2)5-8-3-9(17)6-16(8)7-10-4-13-11(14-12)18-10/h4,8-9,17H,3,5-7,12H2,1-2H3,(H,13,14). The summed E-state index contributed by atoms with van der Waals surface area (Å²) in [6.45, 7) is 2.54. The minimum absolute atomic E-state index is 0.213. The van der Waals surface area contributed by atoms with Gasteiger partial charge in [0, 0.05) is 36.8 Å². The van der Waals surface area contributed by atoms with E-state index in [1.807, 2.05) is 6.20 Å². The van der Waals surface area contributed by atoms with Crippen LogP contribution < -0.4 is 11.3 Å². The minimum atomic E-state index is -0.213. The molecule has 1 aromatic rings. The number of likely N-dealkylation sites (tertiary alicyclic amines) is 1. The lowest BCUT2D eigenvalue weighted by Gasteiger charge is -2.25. The fourth-order valence-electron chi connectivity index (χ4n) is 2.41. The van der Waals surface area contributed by atoms with Crippen molar-refractivity contribution in [1.82, 2.24) is 14.8 Å². The molecule has 18 heavy (non-hydrogen) atoms. The van der Waals surface area contributed by atoms with Crippen LogP contribution in [0.15, 0.2) is 6.20 Å². The van der Waals surface area contributed by atoms with Gasteiger partial charge in [0.25, 0.3) is 0 Å². The van der Waals surface area contributed by atoms with Gasteiger partial charge in [0.05, 0.1) is 6.10 Å². The van der Waals surface area contributed by atoms with Crippen molar-refractivity contribution in [3.63, 3.8) is 0 Å². The molecule has 1 fully saturated rings. The summed E-state index contributed by atoms with van der Waals surface area (Å²) in [7, 11) is 4.12. The first-order chi connectivity index (χ1) is 8.58. The number of hydrazine groups is 1. The van der Waals surface area contributed by atoms with Gasteiger partial charge in [-0.1, -0.05) is 11.3 Å². The molecule has 1 aromatic heterocycles. The molecule has 0 amide bonds. The summed E-state index contributed by atoms with van der Waals surface area (Å²) < 4.78 is 0. The van der Waals surface area contributed by atoms with Gasteiger partial charge in [-0.3, -0.25) is 10.3 Å². The van der Waals surface area contributed by atoms with Crippen molar-refractivity contribution >= 4 is 16.5 Å². The van der Waals surface area contributed by atoms with Crippen LogP contribution in [0.2, 0.25) is 0 Å². The van der Waals surface area contributed by atoms with Crippen LogP contribution >= 0.6 is 11.3 Å². The summed E-state index contributed by atoms with van der Waals surface area (Å²) >= 11 is 1.56. The lowest BCUT2D eigenvalue weighted by atomic mass is 10.2. The molecule has 2 unspecified atom stereocenters. The maximum absolute atomic E-state index is 9.81. The highest BCUT2D eigenvalue weighted by Gasteiger charge is 2.31. The van der Waals surface area contributed by atoms with E-state index in [2.05, 4.69) is 34.3 Å². The van der Waals surface area contributed by atoms with Gasteiger partial charge in [0.15, 0.2) is 5.13 Å². The lowest BCUT2D eigenvalue weighted by Crippen LogP contribution is -2.36. The molecule has 1 aliphatic heterocycles. The Labute approximate surface area is 111 Å². The maximum Gasteiger partial charge on any atom is 0.197 e. The summed E-state index contributed by atoms with van der Waals surface area (Å²) in [5.74, 6) is 5.32. The van der Waals surface area contributed by atoms with E-state index < -0.39 is 0 Å². The van der Waals surface area contributed by atoms with Crippen LogP contribution in [0, 0.1) is 0 Å². The first-order valence-electron chi connectivity index (χ1n) is 6.06. The Kier molecular flexibility index (Phi) is 4.52. The molecule has 0 aliphatic carbocycles. The third kappa shape index (κ3) is 3.39. The summed E-state index contributed by atoms with van der Waals surface area (Å²) in [5.41, 5.74) is 2.56. The molecule has 0 aromatic carbocycles. The number of likely N-dealkylation sites (N-methyl/N-ethyl adjacent to an activating group) is 1. The number of aliphatic hydroxyl groups is 1. The van der Waals surface area contributed by atoms with Crippen LogP contribution in [0.1, 0.15) is 11.3 Å². The molecule has 0 saturated carbocycles. The topological polar surface area (TPSA) is 77.7 Å². The second-order valence-corrected chi connectivity index (χ2v) is 6.13. The van der Waals surface area contributed by atoms with Gasteiger partial charge in [-0.05, 0) is 20.5 Å². The van der Waals surface area contributed by atoms with Gasteiger partial charge in [0.1, 0.15) is 0 Å². The van der Waals surface area contributed by atoms with Crippen molar-refractivity contribution in [3.8, 4) is 0 Å². The molecule has 6 nitrogen and oxygen atoms in total. The average Bonchev–Trinajstić information content (AvgIpc) is 2.86. The number of rotatable bonds is 5. The SMILES string of the molecule is CN(C)CC1CC(O)CN1Cc1cnc(NN)s1. The van der Waals surface area contributed by atoms with Gasteiger partial charge >= 0.3 is 0 Å². The van der Waals surface area contributed by atoms with Crippen LogP contribution in [0.4, 0.5) is 5.13 Å². The third-order valence-electron chi connectivity index (χ3n) is 3.12. The molecule has 4 N–H and O–H groups in total. The Hall–Kier alpha value is -0.730. The van der Waals surface area contributed by atoms with Crippen LogP contribution in [0.3, 0.4) is 0 Å². The number of nitrogens with zero attached hydrogens (tertiary/aromatic N) is 3. The minimum Gasteiger partial charge on any atom is -0.392 e. The Morgan fingerprint density at radius 3 is 3.06 bits per heavy atom. The fourth-order valence-corrected chi connectivity index (χ4v) is 3.16. The monoisotopic (exact) mass is 271 g/mol. The zero-order valence-electron chi connectivity index (χ0n) is 10.8. The Balaban J connectivity index is 1.97. The number of thiazole rings is 1. The first kappa shape index (κ1) is 13.7. The second kappa shape index (κ2) is 5.94. The summed E-state index contributed by atoms with van der Waals surface area (Å²) in [4.78, 5) is 9.81.